The molecule has 1 saturated heterocycles. The van der Waals surface area contributed by atoms with E-state index in [4.69, 9.17) is 11.6 Å². The number of hydrogen-bond donors (Lipinski definition) is 3. The fourth-order valence-corrected chi connectivity index (χ4v) is 6.38. The molecule has 0 radical (unpaired) electrons. The van der Waals surface area contributed by atoms with Gasteiger partial charge >= 0.3 is 0 Å². The van der Waals surface area contributed by atoms with E-state index in [0.717, 1.165) is 38.2 Å². The molecule has 0 aromatic heterocycles. The Hall–Kier alpha value is -2.69. The zero-order valence-electron chi connectivity index (χ0n) is 19.9. The van der Waals surface area contributed by atoms with Crippen molar-refractivity contribution in [2.75, 3.05) is 42.6 Å². The van der Waals surface area contributed by atoms with Gasteiger partial charge in [0.2, 0.25) is 5.91 Å². The van der Waals surface area contributed by atoms with Crippen LogP contribution in [0, 0.1) is 5.82 Å². The number of benzene rings is 2. The molecule has 0 unspecified atom stereocenters. The molecule has 0 saturated carbocycles. The average Bonchev–Trinajstić information content (AvgIpc) is 2.84. The maximum absolute atomic E-state index is 13.2. The van der Waals surface area contributed by atoms with Crippen LogP contribution < -0.4 is 16.0 Å². The highest BCUT2D eigenvalue weighted by Gasteiger charge is 2.31. The lowest BCUT2D eigenvalue weighted by Crippen LogP contribution is -2.43. The lowest BCUT2D eigenvalue weighted by atomic mass is 10.1. The number of carbonyl (C=O) groups is 2. The zero-order chi connectivity index (χ0) is 25.7. The van der Waals surface area contributed by atoms with E-state index in [9.17, 15) is 22.4 Å². The molecule has 3 N–H and O–H groups in total. The second-order valence-corrected chi connectivity index (χ2v) is 11.8. The van der Waals surface area contributed by atoms with E-state index < -0.39 is 39.1 Å². The maximum Gasteiger partial charge on any atom is 0.251 e. The molecule has 2 aromatic rings. The van der Waals surface area contributed by atoms with Crippen LogP contribution in [-0.4, -0.2) is 63.1 Å². The monoisotopic (exact) mass is 536 g/mol. The smallest absolute Gasteiger partial charge is 0.251 e. The number of sulfone groups is 1. The fourth-order valence-electron chi connectivity index (χ4n) is 4.48. The molecule has 1 atom stereocenters. The van der Waals surface area contributed by atoms with Gasteiger partial charge in [0.25, 0.3) is 5.91 Å². The van der Waals surface area contributed by atoms with Gasteiger partial charge in [-0.25, -0.2) is 12.8 Å². The highest BCUT2D eigenvalue weighted by Crippen LogP contribution is 2.29. The van der Waals surface area contributed by atoms with Crippen LogP contribution in [0.25, 0.3) is 0 Å². The molecule has 4 rings (SSSR count). The predicted octanol–water partition coefficient (Wildman–Crippen LogP) is 3.43. The minimum Gasteiger partial charge on any atom is -0.371 e. The highest BCUT2D eigenvalue weighted by molar-refractivity contribution is 7.90. The summed E-state index contributed by atoms with van der Waals surface area (Å²) in [6.07, 6.45) is 4.62. The number of fused-ring (bicyclic) bond motifs is 1. The SMILES string of the molecule is O=C(NCCCN1CCCCC1)c1ccc2c(c1)NC(=O)[C@H](CS(=O)(=O)Cc1ccc(F)cc1Cl)N2. The van der Waals surface area contributed by atoms with E-state index in [-0.39, 0.29) is 16.5 Å². The molecule has 2 amide bonds. The van der Waals surface area contributed by atoms with Gasteiger partial charge in [-0.15, -0.1) is 0 Å². The third-order valence-electron chi connectivity index (χ3n) is 6.38. The number of nitrogens with zero attached hydrogens (tertiary/aromatic N) is 1. The zero-order valence-corrected chi connectivity index (χ0v) is 21.4. The summed E-state index contributed by atoms with van der Waals surface area (Å²) in [7, 11) is -3.75. The summed E-state index contributed by atoms with van der Waals surface area (Å²) in [5, 5.41) is 8.57. The highest BCUT2D eigenvalue weighted by atomic mass is 35.5. The number of nitrogens with one attached hydrogen (secondary N) is 3. The molecule has 194 valence electrons. The van der Waals surface area contributed by atoms with E-state index in [1.165, 1.54) is 25.3 Å². The summed E-state index contributed by atoms with van der Waals surface area (Å²) < 4.78 is 38.7. The van der Waals surface area contributed by atoms with Gasteiger partial charge in [0, 0.05) is 17.1 Å². The molecule has 2 aliphatic rings. The summed E-state index contributed by atoms with van der Waals surface area (Å²) in [4.78, 5) is 27.6. The van der Waals surface area contributed by atoms with Gasteiger partial charge in [-0.1, -0.05) is 24.1 Å². The van der Waals surface area contributed by atoms with Gasteiger partial charge < -0.3 is 20.9 Å². The van der Waals surface area contributed by atoms with Crippen LogP contribution in [0.15, 0.2) is 36.4 Å². The molecule has 2 heterocycles. The molecule has 8 nitrogen and oxygen atoms in total. The number of carbonyl (C=O) groups excluding carboxylic acids is 2. The largest absolute Gasteiger partial charge is 0.371 e. The van der Waals surface area contributed by atoms with Crippen LogP contribution in [0.1, 0.15) is 41.6 Å². The summed E-state index contributed by atoms with van der Waals surface area (Å²) in [6.45, 7) is 3.76. The first-order valence-electron chi connectivity index (χ1n) is 12.1. The van der Waals surface area contributed by atoms with Gasteiger partial charge in [0.1, 0.15) is 11.9 Å². The Morgan fingerprint density at radius 1 is 1.11 bits per heavy atom. The minimum absolute atomic E-state index is 0.0160. The molecule has 0 aliphatic carbocycles. The second kappa shape index (κ2) is 11.6. The molecule has 36 heavy (non-hydrogen) atoms. The lowest BCUT2D eigenvalue weighted by Gasteiger charge is -2.27. The topological polar surface area (TPSA) is 108 Å². The molecule has 11 heteroatoms. The van der Waals surface area contributed by atoms with Crippen LogP contribution in [-0.2, 0) is 20.4 Å². The standard InChI is InChI=1S/C25H30ClFN4O4S/c26-20-14-19(27)7-5-18(20)15-36(34,35)16-23-25(33)30-22-13-17(6-8-21(22)29-23)24(32)28-9-4-12-31-10-2-1-3-11-31/h5-8,13-14,23,29H,1-4,9-12,15-16H2,(H,28,32)(H,30,33)/t23-/m0/s1. The average molecular weight is 537 g/mol. The van der Waals surface area contributed by atoms with Crippen molar-refractivity contribution in [1.29, 1.82) is 0 Å². The number of piperidine rings is 1. The van der Waals surface area contributed by atoms with Gasteiger partial charge in [0.15, 0.2) is 9.84 Å². The molecule has 0 spiro atoms. The third-order valence-corrected chi connectivity index (χ3v) is 8.33. The maximum atomic E-state index is 13.2. The van der Waals surface area contributed by atoms with Crippen LogP contribution in [0.2, 0.25) is 5.02 Å². The van der Waals surface area contributed by atoms with Crippen molar-refractivity contribution in [2.24, 2.45) is 0 Å². The van der Waals surface area contributed by atoms with Crippen molar-refractivity contribution in [3.63, 3.8) is 0 Å². The number of likely N-dealkylation sites (tertiary alicyclic amines) is 1. The van der Waals surface area contributed by atoms with Crippen molar-refractivity contribution >= 4 is 44.6 Å². The Morgan fingerprint density at radius 2 is 1.89 bits per heavy atom. The van der Waals surface area contributed by atoms with E-state index in [1.54, 1.807) is 18.2 Å². The van der Waals surface area contributed by atoms with Crippen molar-refractivity contribution < 1.29 is 22.4 Å². The van der Waals surface area contributed by atoms with Crippen molar-refractivity contribution in [3.05, 3.63) is 58.4 Å². The van der Waals surface area contributed by atoms with E-state index in [1.807, 2.05) is 0 Å². The number of hydrogen-bond acceptors (Lipinski definition) is 6. The van der Waals surface area contributed by atoms with E-state index >= 15 is 0 Å². The Morgan fingerprint density at radius 3 is 2.64 bits per heavy atom. The molecule has 1 fully saturated rings. The number of anilines is 2. The van der Waals surface area contributed by atoms with Crippen molar-refractivity contribution in [3.8, 4) is 0 Å². The molecular formula is C25H30ClFN4O4S. The summed E-state index contributed by atoms with van der Waals surface area (Å²) in [6, 6.07) is 7.34. The third kappa shape index (κ3) is 6.96. The number of rotatable bonds is 9. The van der Waals surface area contributed by atoms with E-state index in [2.05, 4.69) is 20.9 Å². The Bertz CT molecular complexity index is 1230. The summed E-state index contributed by atoms with van der Waals surface area (Å²) in [5.74, 6) is -2.19. The van der Waals surface area contributed by atoms with Gasteiger partial charge in [-0.3, -0.25) is 9.59 Å². The summed E-state index contributed by atoms with van der Waals surface area (Å²) in [5.41, 5.74) is 1.61. The van der Waals surface area contributed by atoms with Crippen LogP contribution in [0.4, 0.5) is 15.8 Å². The van der Waals surface area contributed by atoms with Gasteiger partial charge in [-0.05, 0) is 74.8 Å². The first kappa shape index (κ1) is 26.4. The second-order valence-electron chi connectivity index (χ2n) is 9.25. The van der Waals surface area contributed by atoms with E-state index in [0.29, 0.717) is 23.5 Å². The Kier molecular flexibility index (Phi) is 8.48. The normalized spacial score (nSPS) is 18.2. The quantitative estimate of drug-likeness (QED) is 0.424. The number of amides is 2. The Labute approximate surface area is 215 Å². The lowest BCUT2D eigenvalue weighted by molar-refractivity contribution is -0.116. The van der Waals surface area contributed by atoms with Gasteiger partial charge in [-0.2, -0.15) is 0 Å². The first-order valence-corrected chi connectivity index (χ1v) is 14.3. The molecule has 2 aromatic carbocycles. The van der Waals surface area contributed by atoms with Crippen LogP contribution in [0.5, 0.6) is 0 Å². The molecule has 0 bridgehead atoms. The minimum atomic E-state index is -3.75. The van der Waals surface area contributed by atoms with Crippen LogP contribution >= 0.6 is 11.6 Å². The van der Waals surface area contributed by atoms with Crippen molar-refractivity contribution in [2.45, 2.75) is 37.5 Å². The first-order chi connectivity index (χ1) is 17.2. The molecule has 2 aliphatic heterocycles. The summed E-state index contributed by atoms with van der Waals surface area (Å²) >= 11 is 5.96. The van der Waals surface area contributed by atoms with Crippen molar-refractivity contribution in [1.82, 2.24) is 10.2 Å². The number of halogens is 2. The molecular weight excluding hydrogens is 507 g/mol. The fraction of sp³-hybridized carbons (Fsp3) is 0.440. The van der Waals surface area contributed by atoms with Crippen LogP contribution in [0.3, 0.4) is 0 Å². The predicted molar refractivity (Wildman–Crippen MR) is 139 cm³/mol. The Balaban J connectivity index is 1.32. The van der Waals surface area contributed by atoms with Gasteiger partial charge in [0.05, 0.1) is 22.9 Å².